The first-order valence-electron chi connectivity index (χ1n) is 5.73. The summed E-state index contributed by atoms with van der Waals surface area (Å²) >= 11 is 5.83. The van der Waals surface area contributed by atoms with E-state index >= 15 is 0 Å². The quantitative estimate of drug-likeness (QED) is 0.736. The fourth-order valence-corrected chi connectivity index (χ4v) is 2.27. The molecule has 2 heterocycles. The standard InChI is InChI=1S/C12H14ClFN2O2/c1-7-5-16(6-8(2)18-7)12(17)10-3-9(14)4-15-11(10)13/h3-4,7-8H,5-6H2,1-2H3. The third-order valence-corrected chi connectivity index (χ3v) is 3.04. The first-order chi connectivity index (χ1) is 8.47. The summed E-state index contributed by atoms with van der Waals surface area (Å²) in [4.78, 5) is 17.5. The lowest BCUT2D eigenvalue weighted by atomic mass is 10.2. The van der Waals surface area contributed by atoms with Gasteiger partial charge in [-0.1, -0.05) is 11.6 Å². The summed E-state index contributed by atoms with van der Waals surface area (Å²) in [5, 5.41) is 0.0215. The van der Waals surface area contributed by atoms with Gasteiger partial charge in [-0.15, -0.1) is 0 Å². The topological polar surface area (TPSA) is 42.4 Å². The molecule has 0 N–H and O–H groups in total. The van der Waals surface area contributed by atoms with Crippen molar-refractivity contribution in [1.82, 2.24) is 9.88 Å². The van der Waals surface area contributed by atoms with Crippen molar-refractivity contribution in [2.45, 2.75) is 26.1 Å². The van der Waals surface area contributed by atoms with Crippen molar-refractivity contribution >= 4 is 17.5 Å². The number of halogens is 2. The van der Waals surface area contributed by atoms with E-state index in [1.54, 1.807) is 4.90 Å². The van der Waals surface area contributed by atoms with Gasteiger partial charge in [0.2, 0.25) is 0 Å². The van der Waals surface area contributed by atoms with Gasteiger partial charge in [-0.3, -0.25) is 4.79 Å². The van der Waals surface area contributed by atoms with E-state index in [2.05, 4.69) is 4.98 Å². The predicted octanol–water partition coefficient (Wildman–Crippen LogP) is 2.12. The maximum Gasteiger partial charge on any atom is 0.257 e. The summed E-state index contributed by atoms with van der Waals surface area (Å²) < 4.78 is 18.7. The second-order valence-electron chi connectivity index (χ2n) is 4.46. The highest BCUT2D eigenvalue weighted by molar-refractivity contribution is 6.32. The van der Waals surface area contributed by atoms with Gasteiger partial charge in [0.1, 0.15) is 11.0 Å². The van der Waals surface area contributed by atoms with Gasteiger partial charge in [0.15, 0.2) is 0 Å². The van der Waals surface area contributed by atoms with E-state index in [9.17, 15) is 9.18 Å². The van der Waals surface area contributed by atoms with E-state index in [1.807, 2.05) is 13.8 Å². The molecular weight excluding hydrogens is 259 g/mol. The molecule has 98 valence electrons. The molecule has 0 radical (unpaired) electrons. The number of ether oxygens (including phenoxy) is 1. The minimum atomic E-state index is -0.572. The molecule has 2 unspecified atom stereocenters. The maximum absolute atomic E-state index is 13.1. The minimum Gasteiger partial charge on any atom is -0.372 e. The first kappa shape index (κ1) is 13.2. The molecule has 1 aliphatic heterocycles. The van der Waals surface area contributed by atoms with E-state index in [1.165, 1.54) is 0 Å². The Morgan fingerprint density at radius 3 is 2.72 bits per heavy atom. The molecule has 1 saturated heterocycles. The molecule has 1 aromatic rings. The van der Waals surface area contributed by atoms with Crippen LogP contribution < -0.4 is 0 Å². The molecule has 18 heavy (non-hydrogen) atoms. The fraction of sp³-hybridized carbons (Fsp3) is 0.500. The molecule has 6 heteroatoms. The van der Waals surface area contributed by atoms with Crippen molar-refractivity contribution in [3.8, 4) is 0 Å². The number of amides is 1. The highest BCUT2D eigenvalue weighted by atomic mass is 35.5. The molecule has 2 atom stereocenters. The summed E-state index contributed by atoms with van der Waals surface area (Å²) in [5.74, 6) is -0.883. The minimum absolute atomic E-state index is 0.0215. The Balaban J connectivity index is 2.22. The van der Waals surface area contributed by atoms with Crippen LogP contribution in [-0.2, 0) is 4.74 Å². The van der Waals surface area contributed by atoms with Crippen LogP contribution in [0.4, 0.5) is 4.39 Å². The van der Waals surface area contributed by atoms with Crippen molar-refractivity contribution in [2.75, 3.05) is 13.1 Å². The van der Waals surface area contributed by atoms with E-state index in [0.717, 1.165) is 12.3 Å². The smallest absolute Gasteiger partial charge is 0.257 e. The van der Waals surface area contributed by atoms with Gasteiger partial charge < -0.3 is 9.64 Å². The van der Waals surface area contributed by atoms with Crippen LogP contribution in [0.2, 0.25) is 5.15 Å². The van der Waals surface area contributed by atoms with E-state index in [-0.39, 0.29) is 28.8 Å². The summed E-state index contributed by atoms with van der Waals surface area (Å²) in [6, 6.07) is 1.11. The zero-order valence-corrected chi connectivity index (χ0v) is 10.9. The summed E-state index contributed by atoms with van der Waals surface area (Å²) in [6.07, 6.45) is 0.903. The number of morpholine rings is 1. The molecule has 0 spiro atoms. The van der Waals surface area contributed by atoms with Crippen LogP contribution in [0.3, 0.4) is 0 Å². The lowest BCUT2D eigenvalue weighted by Crippen LogP contribution is -2.48. The average Bonchev–Trinajstić information content (AvgIpc) is 2.30. The second kappa shape index (κ2) is 5.20. The molecule has 0 aromatic carbocycles. The number of carbonyl (C=O) groups is 1. The lowest BCUT2D eigenvalue weighted by molar-refractivity contribution is -0.0586. The largest absolute Gasteiger partial charge is 0.372 e. The number of pyridine rings is 1. The fourth-order valence-electron chi connectivity index (χ4n) is 2.09. The lowest BCUT2D eigenvalue weighted by Gasteiger charge is -2.35. The number of aromatic nitrogens is 1. The van der Waals surface area contributed by atoms with Crippen molar-refractivity contribution < 1.29 is 13.9 Å². The first-order valence-corrected chi connectivity index (χ1v) is 6.11. The highest BCUT2D eigenvalue weighted by Gasteiger charge is 2.28. The van der Waals surface area contributed by atoms with Crippen LogP contribution in [0.25, 0.3) is 0 Å². The number of carbonyl (C=O) groups excluding carboxylic acids is 1. The molecule has 4 nitrogen and oxygen atoms in total. The molecule has 1 amide bonds. The van der Waals surface area contributed by atoms with Gasteiger partial charge in [0.25, 0.3) is 5.91 Å². The van der Waals surface area contributed by atoms with Crippen LogP contribution in [0.15, 0.2) is 12.3 Å². The molecule has 1 aromatic heterocycles. The van der Waals surface area contributed by atoms with Crippen LogP contribution in [0, 0.1) is 5.82 Å². The zero-order chi connectivity index (χ0) is 13.3. The molecule has 1 fully saturated rings. The van der Waals surface area contributed by atoms with E-state index in [0.29, 0.717) is 13.1 Å². The van der Waals surface area contributed by atoms with Gasteiger partial charge in [0.05, 0.1) is 24.0 Å². The Labute approximate surface area is 110 Å². The SMILES string of the molecule is CC1CN(C(=O)c2cc(F)cnc2Cl)CC(C)O1. The van der Waals surface area contributed by atoms with Gasteiger partial charge in [0, 0.05) is 13.1 Å². The molecule has 0 aliphatic carbocycles. The van der Waals surface area contributed by atoms with Gasteiger partial charge in [-0.2, -0.15) is 0 Å². The Kier molecular flexibility index (Phi) is 3.82. The summed E-state index contributed by atoms with van der Waals surface area (Å²) in [7, 11) is 0. The van der Waals surface area contributed by atoms with Crippen molar-refractivity contribution in [1.29, 1.82) is 0 Å². The third kappa shape index (κ3) is 2.79. The summed E-state index contributed by atoms with van der Waals surface area (Å²) in [6.45, 7) is 4.72. The van der Waals surface area contributed by atoms with Crippen LogP contribution >= 0.6 is 11.6 Å². The number of hydrogen-bond acceptors (Lipinski definition) is 3. The molecule has 1 aliphatic rings. The van der Waals surface area contributed by atoms with Crippen LogP contribution in [-0.4, -0.2) is 41.1 Å². The molecule has 2 rings (SSSR count). The van der Waals surface area contributed by atoms with Crippen LogP contribution in [0.1, 0.15) is 24.2 Å². The van der Waals surface area contributed by atoms with Crippen molar-refractivity contribution in [2.24, 2.45) is 0 Å². The number of rotatable bonds is 1. The van der Waals surface area contributed by atoms with Gasteiger partial charge >= 0.3 is 0 Å². The Hall–Kier alpha value is -1.20. The zero-order valence-electron chi connectivity index (χ0n) is 10.2. The normalized spacial score (nSPS) is 24.1. The Bertz CT molecular complexity index is 459. The molecular formula is C12H14ClFN2O2. The predicted molar refractivity (Wildman–Crippen MR) is 65.1 cm³/mol. The third-order valence-electron chi connectivity index (χ3n) is 2.74. The van der Waals surface area contributed by atoms with Gasteiger partial charge in [-0.25, -0.2) is 9.37 Å². The Morgan fingerprint density at radius 1 is 1.50 bits per heavy atom. The van der Waals surface area contributed by atoms with E-state index < -0.39 is 5.82 Å². The number of nitrogens with zero attached hydrogens (tertiary/aromatic N) is 2. The monoisotopic (exact) mass is 272 g/mol. The summed E-state index contributed by atoms with van der Waals surface area (Å²) in [5.41, 5.74) is 0.0953. The second-order valence-corrected chi connectivity index (χ2v) is 4.82. The highest BCUT2D eigenvalue weighted by Crippen LogP contribution is 2.19. The Morgan fingerprint density at radius 2 is 2.11 bits per heavy atom. The molecule has 0 saturated carbocycles. The molecule has 0 bridgehead atoms. The van der Waals surface area contributed by atoms with Crippen molar-refractivity contribution in [3.63, 3.8) is 0 Å². The van der Waals surface area contributed by atoms with Crippen LogP contribution in [0.5, 0.6) is 0 Å². The van der Waals surface area contributed by atoms with E-state index in [4.69, 9.17) is 16.3 Å². The van der Waals surface area contributed by atoms with Gasteiger partial charge in [-0.05, 0) is 19.9 Å². The number of hydrogen-bond donors (Lipinski definition) is 0. The average molecular weight is 273 g/mol. The van der Waals surface area contributed by atoms with Crippen molar-refractivity contribution in [3.05, 3.63) is 28.8 Å². The maximum atomic E-state index is 13.1.